The normalized spacial score (nSPS) is 11.1. The number of thiophene rings is 1. The highest BCUT2D eigenvalue weighted by Gasteiger charge is 2.21. The fourth-order valence-corrected chi connectivity index (χ4v) is 3.05. The van der Waals surface area contributed by atoms with Gasteiger partial charge < -0.3 is 15.2 Å². The second-order valence-corrected chi connectivity index (χ2v) is 8.46. The number of phenolic OH excluding ortho intramolecular Hbond substituents is 1. The van der Waals surface area contributed by atoms with Crippen LogP contribution >= 0.6 is 22.9 Å². The predicted molar refractivity (Wildman–Crippen MR) is 103 cm³/mol. The highest BCUT2D eigenvalue weighted by molar-refractivity contribution is 7.14. The maximum absolute atomic E-state index is 12.2. The number of Topliss-reactive ketones (excluding diaryl/α,β-unsaturated/α-hetero) is 1. The molecule has 0 unspecified atom stereocenters. The van der Waals surface area contributed by atoms with E-state index < -0.39 is 18.0 Å². The van der Waals surface area contributed by atoms with Crippen molar-refractivity contribution in [3.05, 3.63) is 50.7 Å². The van der Waals surface area contributed by atoms with Crippen molar-refractivity contribution in [2.45, 2.75) is 27.3 Å². The summed E-state index contributed by atoms with van der Waals surface area (Å²) in [5.41, 5.74) is -0.595. The van der Waals surface area contributed by atoms with Crippen LogP contribution in [0.5, 0.6) is 5.75 Å². The van der Waals surface area contributed by atoms with Gasteiger partial charge in [0.05, 0.1) is 11.4 Å². The Labute approximate surface area is 166 Å². The molecular formula is C19H20ClNO5S. The van der Waals surface area contributed by atoms with Crippen molar-refractivity contribution in [1.82, 2.24) is 5.32 Å². The summed E-state index contributed by atoms with van der Waals surface area (Å²) < 4.78 is 4.96. The molecule has 6 nitrogen and oxygen atoms in total. The Morgan fingerprint density at radius 3 is 2.56 bits per heavy atom. The third kappa shape index (κ3) is 5.80. The molecule has 0 aliphatic heterocycles. The molecule has 1 aromatic carbocycles. The Bertz CT molecular complexity index is 869. The number of amides is 1. The summed E-state index contributed by atoms with van der Waals surface area (Å²) in [7, 11) is 0. The van der Waals surface area contributed by atoms with Crippen LogP contribution in [0.2, 0.25) is 5.02 Å². The van der Waals surface area contributed by atoms with Crippen molar-refractivity contribution in [2.75, 3.05) is 6.61 Å². The summed E-state index contributed by atoms with van der Waals surface area (Å²) in [6, 6.07) is 7.34. The number of carbonyl (C=O) groups is 3. The van der Waals surface area contributed by atoms with Gasteiger partial charge in [-0.05, 0) is 30.3 Å². The van der Waals surface area contributed by atoms with E-state index in [4.69, 9.17) is 16.3 Å². The molecule has 1 aromatic heterocycles. The molecule has 0 aliphatic rings. The number of ketones is 1. The molecule has 0 saturated heterocycles. The lowest BCUT2D eigenvalue weighted by atomic mass is 9.96. The molecule has 0 bridgehead atoms. The van der Waals surface area contributed by atoms with Gasteiger partial charge in [0.25, 0.3) is 0 Å². The van der Waals surface area contributed by atoms with E-state index in [0.29, 0.717) is 11.4 Å². The second kappa shape index (κ2) is 8.54. The molecule has 27 heavy (non-hydrogen) atoms. The summed E-state index contributed by atoms with van der Waals surface area (Å²) in [6.07, 6.45) is 0. The molecule has 8 heteroatoms. The number of hydrogen-bond acceptors (Lipinski definition) is 6. The van der Waals surface area contributed by atoms with Gasteiger partial charge in [-0.3, -0.25) is 9.59 Å². The van der Waals surface area contributed by atoms with E-state index in [0.717, 1.165) is 4.88 Å². The van der Waals surface area contributed by atoms with E-state index in [1.54, 1.807) is 12.1 Å². The Morgan fingerprint density at radius 1 is 1.19 bits per heavy atom. The van der Waals surface area contributed by atoms with Crippen LogP contribution in [0, 0.1) is 5.41 Å². The number of benzene rings is 1. The maximum Gasteiger partial charge on any atom is 0.342 e. The van der Waals surface area contributed by atoms with Crippen LogP contribution in [-0.4, -0.2) is 29.4 Å². The third-order valence-electron chi connectivity index (χ3n) is 3.55. The summed E-state index contributed by atoms with van der Waals surface area (Å²) in [5.74, 6) is -1.57. The van der Waals surface area contributed by atoms with Crippen molar-refractivity contribution in [2.24, 2.45) is 5.41 Å². The monoisotopic (exact) mass is 409 g/mol. The van der Waals surface area contributed by atoms with Gasteiger partial charge in [0, 0.05) is 15.3 Å². The molecule has 1 heterocycles. The van der Waals surface area contributed by atoms with Crippen LogP contribution < -0.4 is 5.32 Å². The van der Waals surface area contributed by atoms with Gasteiger partial charge in [-0.2, -0.15) is 0 Å². The van der Waals surface area contributed by atoms with E-state index >= 15 is 0 Å². The zero-order valence-electron chi connectivity index (χ0n) is 15.2. The summed E-state index contributed by atoms with van der Waals surface area (Å²) in [4.78, 5) is 37.3. The molecule has 0 aliphatic carbocycles. The van der Waals surface area contributed by atoms with Gasteiger partial charge in [-0.25, -0.2) is 4.79 Å². The SMILES string of the molecule is CC(C)(C)C(=O)NCc1ccc(C(=O)COC(=O)c2cc(Cl)ccc2O)s1. The lowest BCUT2D eigenvalue weighted by Gasteiger charge is -2.17. The zero-order valence-corrected chi connectivity index (χ0v) is 16.7. The van der Waals surface area contributed by atoms with Crippen LogP contribution in [0.4, 0.5) is 0 Å². The fourth-order valence-electron chi connectivity index (χ4n) is 2.01. The van der Waals surface area contributed by atoms with Crippen LogP contribution in [-0.2, 0) is 16.1 Å². The van der Waals surface area contributed by atoms with Crippen molar-refractivity contribution >= 4 is 40.6 Å². The third-order valence-corrected chi connectivity index (χ3v) is 4.92. The van der Waals surface area contributed by atoms with Crippen LogP contribution in [0.25, 0.3) is 0 Å². The Hall–Kier alpha value is -2.38. The lowest BCUT2D eigenvalue weighted by Crippen LogP contribution is -2.34. The number of ether oxygens (including phenoxy) is 1. The quantitative estimate of drug-likeness (QED) is 0.559. The maximum atomic E-state index is 12.2. The molecule has 0 saturated carbocycles. The van der Waals surface area contributed by atoms with Crippen molar-refractivity contribution < 1.29 is 24.2 Å². The van der Waals surface area contributed by atoms with Crippen LogP contribution in [0.1, 0.15) is 45.7 Å². The van der Waals surface area contributed by atoms with Gasteiger partial charge >= 0.3 is 5.97 Å². The first-order valence-electron chi connectivity index (χ1n) is 8.14. The first kappa shape index (κ1) is 20.9. The molecule has 2 N–H and O–H groups in total. The first-order chi connectivity index (χ1) is 12.6. The molecule has 0 radical (unpaired) electrons. The standard InChI is InChI=1S/C19H20ClNO5S/c1-19(2,3)18(25)21-9-12-5-7-16(27-12)15(23)10-26-17(24)13-8-11(20)4-6-14(13)22/h4-8,22H,9-10H2,1-3H3,(H,21,25). The minimum Gasteiger partial charge on any atom is -0.507 e. The summed E-state index contributed by atoms with van der Waals surface area (Å²) in [5, 5.41) is 12.8. The van der Waals surface area contributed by atoms with E-state index in [-0.39, 0.29) is 28.0 Å². The minimum absolute atomic E-state index is 0.0842. The van der Waals surface area contributed by atoms with Crippen LogP contribution in [0.3, 0.4) is 0 Å². The van der Waals surface area contributed by atoms with Crippen molar-refractivity contribution in [3.8, 4) is 5.75 Å². The highest BCUT2D eigenvalue weighted by Crippen LogP contribution is 2.23. The lowest BCUT2D eigenvalue weighted by molar-refractivity contribution is -0.128. The largest absolute Gasteiger partial charge is 0.507 e. The average molecular weight is 410 g/mol. The molecule has 2 rings (SSSR count). The Morgan fingerprint density at radius 2 is 1.89 bits per heavy atom. The van der Waals surface area contributed by atoms with Crippen molar-refractivity contribution in [1.29, 1.82) is 0 Å². The average Bonchev–Trinajstić information content (AvgIpc) is 3.07. The molecule has 0 fully saturated rings. The summed E-state index contributed by atoms with van der Waals surface area (Å²) >= 11 is 7.01. The number of halogens is 1. The highest BCUT2D eigenvalue weighted by atomic mass is 35.5. The van der Waals surface area contributed by atoms with Crippen LogP contribution in [0.15, 0.2) is 30.3 Å². The fraction of sp³-hybridized carbons (Fsp3) is 0.316. The number of esters is 1. The molecule has 144 valence electrons. The van der Waals surface area contributed by atoms with E-state index in [1.165, 1.54) is 29.5 Å². The van der Waals surface area contributed by atoms with Gasteiger partial charge in [0.1, 0.15) is 11.3 Å². The van der Waals surface area contributed by atoms with E-state index in [1.807, 2.05) is 20.8 Å². The Kier molecular flexibility index (Phi) is 6.62. The number of aromatic hydroxyl groups is 1. The molecule has 2 aromatic rings. The predicted octanol–water partition coefficient (Wildman–Crippen LogP) is 3.81. The zero-order chi connectivity index (χ0) is 20.2. The molecular weight excluding hydrogens is 390 g/mol. The number of hydrogen-bond donors (Lipinski definition) is 2. The van der Waals surface area contributed by atoms with E-state index in [9.17, 15) is 19.5 Å². The second-order valence-electron chi connectivity index (χ2n) is 6.86. The van der Waals surface area contributed by atoms with E-state index in [2.05, 4.69) is 5.32 Å². The number of nitrogens with one attached hydrogen (secondary N) is 1. The smallest absolute Gasteiger partial charge is 0.342 e. The first-order valence-corrected chi connectivity index (χ1v) is 9.33. The number of phenols is 1. The summed E-state index contributed by atoms with van der Waals surface area (Å²) in [6.45, 7) is 5.32. The molecule has 0 spiro atoms. The van der Waals surface area contributed by atoms with Gasteiger partial charge in [-0.1, -0.05) is 32.4 Å². The number of rotatable bonds is 6. The minimum atomic E-state index is -0.836. The number of carbonyl (C=O) groups excluding carboxylic acids is 3. The molecule has 0 atom stereocenters. The Balaban J connectivity index is 1.91. The van der Waals surface area contributed by atoms with Gasteiger partial charge in [-0.15, -0.1) is 11.3 Å². The van der Waals surface area contributed by atoms with Gasteiger partial charge in [0.15, 0.2) is 6.61 Å². The molecule has 1 amide bonds. The van der Waals surface area contributed by atoms with Gasteiger partial charge in [0.2, 0.25) is 11.7 Å². The van der Waals surface area contributed by atoms with Crippen molar-refractivity contribution in [3.63, 3.8) is 0 Å². The topological polar surface area (TPSA) is 92.7 Å².